The van der Waals surface area contributed by atoms with Crippen LogP contribution in [0.4, 0.5) is 0 Å². The summed E-state index contributed by atoms with van der Waals surface area (Å²) in [7, 11) is 1.86. The highest BCUT2D eigenvalue weighted by molar-refractivity contribution is 7.10. The highest BCUT2D eigenvalue weighted by Gasteiger charge is 2.26. The zero-order valence-electron chi connectivity index (χ0n) is 14.7. The summed E-state index contributed by atoms with van der Waals surface area (Å²) < 4.78 is 1.73. The van der Waals surface area contributed by atoms with E-state index in [1.807, 2.05) is 14.0 Å². The van der Waals surface area contributed by atoms with Crippen LogP contribution in [0.2, 0.25) is 0 Å². The topological polar surface area (TPSA) is 50.2 Å². The van der Waals surface area contributed by atoms with Crippen molar-refractivity contribution in [2.75, 3.05) is 19.6 Å². The summed E-state index contributed by atoms with van der Waals surface area (Å²) in [6, 6.07) is 4.53. The molecule has 0 radical (unpaired) electrons. The molecule has 0 spiro atoms. The molecule has 5 nitrogen and oxygen atoms in total. The summed E-state index contributed by atoms with van der Waals surface area (Å²) >= 11 is 1.77. The van der Waals surface area contributed by atoms with Crippen molar-refractivity contribution < 1.29 is 4.79 Å². The summed E-state index contributed by atoms with van der Waals surface area (Å²) in [5.74, 6) is 0.769. The zero-order valence-corrected chi connectivity index (χ0v) is 15.5. The zero-order chi connectivity index (χ0) is 17.1. The number of aromatic nitrogens is 2. The standard InChI is InChI=1S/C18H26N4OS/c1-13-6-8-22(9-7-13)16(17-5-4-10-24-17)12-19-18(23)15-11-20-21(3)14(15)2/h4-5,10-11,13,16H,6-9,12H2,1-3H3,(H,19,23)/t16-/m0/s1. The van der Waals surface area contributed by atoms with Crippen LogP contribution in [0.25, 0.3) is 0 Å². The van der Waals surface area contributed by atoms with Gasteiger partial charge in [0.2, 0.25) is 0 Å². The number of piperidine rings is 1. The Morgan fingerprint density at radius 3 is 2.79 bits per heavy atom. The fraction of sp³-hybridized carbons (Fsp3) is 0.556. The van der Waals surface area contributed by atoms with Gasteiger partial charge in [0.15, 0.2) is 0 Å². The van der Waals surface area contributed by atoms with Gasteiger partial charge in [0.25, 0.3) is 5.91 Å². The average molecular weight is 347 g/mol. The summed E-state index contributed by atoms with van der Waals surface area (Å²) in [4.78, 5) is 16.4. The molecule has 3 heterocycles. The molecule has 1 aliphatic rings. The van der Waals surface area contributed by atoms with Crippen molar-refractivity contribution in [2.45, 2.75) is 32.7 Å². The molecule has 2 aromatic heterocycles. The van der Waals surface area contributed by atoms with Crippen molar-refractivity contribution in [1.82, 2.24) is 20.0 Å². The monoisotopic (exact) mass is 346 g/mol. The van der Waals surface area contributed by atoms with Gasteiger partial charge in [-0.15, -0.1) is 11.3 Å². The molecule has 1 aliphatic heterocycles. The molecule has 1 atom stereocenters. The number of likely N-dealkylation sites (tertiary alicyclic amines) is 1. The SMILES string of the molecule is Cc1c(C(=O)NC[C@@H](c2cccs2)N2CCC(C)CC2)cnn1C. The minimum atomic E-state index is -0.0347. The lowest BCUT2D eigenvalue weighted by Crippen LogP contribution is -2.41. The molecule has 0 aliphatic carbocycles. The Morgan fingerprint density at radius 2 is 2.21 bits per heavy atom. The Labute approximate surface area is 147 Å². The number of hydrogen-bond acceptors (Lipinski definition) is 4. The third-order valence-corrected chi connectivity index (χ3v) is 6.04. The molecule has 1 N–H and O–H groups in total. The number of carbonyl (C=O) groups excluding carboxylic acids is 1. The summed E-state index contributed by atoms with van der Waals surface area (Å²) in [6.07, 6.45) is 4.11. The predicted octanol–water partition coefficient (Wildman–Crippen LogP) is 2.99. The molecule has 6 heteroatoms. The number of nitrogens with one attached hydrogen (secondary N) is 1. The molecule has 0 aromatic carbocycles. The van der Waals surface area contributed by atoms with Gasteiger partial charge >= 0.3 is 0 Å². The minimum absolute atomic E-state index is 0.0347. The summed E-state index contributed by atoms with van der Waals surface area (Å²) in [5.41, 5.74) is 1.56. The van der Waals surface area contributed by atoms with E-state index in [0.29, 0.717) is 12.1 Å². The largest absolute Gasteiger partial charge is 0.350 e. The van der Waals surface area contributed by atoms with E-state index in [1.165, 1.54) is 17.7 Å². The molecule has 1 amide bonds. The number of rotatable bonds is 5. The van der Waals surface area contributed by atoms with Crippen molar-refractivity contribution in [2.24, 2.45) is 13.0 Å². The minimum Gasteiger partial charge on any atom is -0.350 e. The average Bonchev–Trinajstić information content (AvgIpc) is 3.21. The molecule has 0 bridgehead atoms. The van der Waals surface area contributed by atoms with Crippen LogP contribution in [0, 0.1) is 12.8 Å². The number of amides is 1. The van der Waals surface area contributed by atoms with Gasteiger partial charge < -0.3 is 5.32 Å². The highest BCUT2D eigenvalue weighted by atomic mass is 32.1. The summed E-state index contributed by atoms with van der Waals surface area (Å²) in [5, 5.41) is 9.40. The maximum Gasteiger partial charge on any atom is 0.254 e. The maximum atomic E-state index is 12.5. The Morgan fingerprint density at radius 1 is 1.46 bits per heavy atom. The van der Waals surface area contributed by atoms with Crippen LogP contribution in [-0.4, -0.2) is 40.2 Å². The smallest absolute Gasteiger partial charge is 0.254 e. The van der Waals surface area contributed by atoms with E-state index in [2.05, 4.69) is 39.8 Å². The quantitative estimate of drug-likeness (QED) is 0.905. The van der Waals surface area contributed by atoms with Crippen LogP contribution in [0.3, 0.4) is 0 Å². The lowest BCUT2D eigenvalue weighted by molar-refractivity contribution is 0.0914. The Hall–Kier alpha value is -1.66. The normalized spacial score (nSPS) is 17.8. The second-order valence-corrected chi connectivity index (χ2v) is 7.71. The number of hydrogen-bond donors (Lipinski definition) is 1. The fourth-order valence-corrected chi connectivity index (χ4v) is 4.10. The van der Waals surface area contributed by atoms with Crippen LogP contribution < -0.4 is 5.32 Å². The van der Waals surface area contributed by atoms with Crippen molar-refractivity contribution in [3.05, 3.63) is 39.8 Å². The van der Waals surface area contributed by atoms with Crippen LogP contribution >= 0.6 is 11.3 Å². The molecule has 2 aromatic rings. The van der Waals surface area contributed by atoms with Crippen LogP contribution in [0.1, 0.15) is 46.7 Å². The third kappa shape index (κ3) is 3.70. The molecule has 1 saturated heterocycles. The van der Waals surface area contributed by atoms with Crippen molar-refractivity contribution in [3.63, 3.8) is 0 Å². The molecule has 0 unspecified atom stereocenters. The van der Waals surface area contributed by atoms with Gasteiger partial charge in [-0.25, -0.2) is 0 Å². The van der Waals surface area contributed by atoms with Gasteiger partial charge in [-0.2, -0.15) is 5.10 Å². The lowest BCUT2D eigenvalue weighted by Gasteiger charge is -2.36. The van der Waals surface area contributed by atoms with Crippen molar-refractivity contribution in [3.8, 4) is 0 Å². The summed E-state index contributed by atoms with van der Waals surface area (Å²) in [6.45, 7) is 7.09. The predicted molar refractivity (Wildman–Crippen MR) is 97.3 cm³/mol. The molecule has 0 saturated carbocycles. The number of thiophene rings is 1. The first-order chi connectivity index (χ1) is 11.6. The van der Waals surface area contributed by atoms with E-state index >= 15 is 0 Å². The first kappa shape index (κ1) is 17.2. The molecule has 130 valence electrons. The Bertz CT molecular complexity index is 671. The van der Waals surface area contributed by atoms with Gasteiger partial charge in [-0.1, -0.05) is 13.0 Å². The molecule has 3 rings (SSSR count). The van der Waals surface area contributed by atoms with Crippen molar-refractivity contribution in [1.29, 1.82) is 0 Å². The van der Waals surface area contributed by atoms with Gasteiger partial charge in [-0.05, 0) is 50.2 Å². The maximum absolute atomic E-state index is 12.5. The van der Waals surface area contributed by atoms with Gasteiger partial charge in [0, 0.05) is 24.2 Å². The molecular formula is C18H26N4OS. The Balaban J connectivity index is 1.68. The lowest BCUT2D eigenvalue weighted by atomic mass is 9.97. The van der Waals surface area contributed by atoms with Crippen molar-refractivity contribution >= 4 is 17.2 Å². The van der Waals surface area contributed by atoms with E-state index in [1.54, 1.807) is 22.2 Å². The van der Waals surface area contributed by atoms with E-state index < -0.39 is 0 Å². The number of carbonyl (C=O) groups is 1. The van der Waals surface area contributed by atoms with Crippen LogP contribution in [0.15, 0.2) is 23.7 Å². The van der Waals surface area contributed by atoms with E-state index in [-0.39, 0.29) is 11.9 Å². The van der Waals surface area contributed by atoms with Crippen LogP contribution in [0.5, 0.6) is 0 Å². The fourth-order valence-electron chi connectivity index (χ4n) is 3.24. The van der Waals surface area contributed by atoms with E-state index in [4.69, 9.17) is 0 Å². The van der Waals surface area contributed by atoms with Gasteiger partial charge in [-0.3, -0.25) is 14.4 Å². The number of nitrogens with zero attached hydrogens (tertiary/aromatic N) is 3. The first-order valence-corrected chi connectivity index (χ1v) is 9.48. The Kier molecular flexibility index (Phi) is 5.36. The molecular weight excluding hydrogens is 320 g/mol. The second-order valence-electron chi connectivity index (χ2n) is 6.73. The third-order valence-electron chi connectivity index (χ3n) is 5.07. The van der Waals surface area contributed by atoms with E-state index in [9.17, 15) is 4.79 Å². The first-order valence-electron chi connectivity index (χ1n) is 8.60. The van der Waals surface area contributed by atoms with Gasteiger partial charge in [0.05, 0.1) is 17.8 Å². The van der Waals surface area contributed by atoms with Gasteiger partial charge in [0.1, 0.15) is 0 Å². The highest BCUT2D eigenvalue weighted by Crippen LogP contribution is 2.29. The molecule has 1 fully saturated rings. The van der Waals surface area contributed by atoms with E-state index in [0.717, 1.165) is 24.7 Å². The number of aryl methyl sites for hydroxylation is 1. The second kappa shape index (κ2) is 7.49. The van der Waals surface area contributed by atoms with Crippen LogP contribution in [-0.2, 0) is 7.05 Å². The molecule has 24 heavy (non-hydrogen) atoms.